The standard InChI is InChI=1S/C12H12ClN3O2/c1-16(7-8-5-14-15-6-8)12(18)10-4-9(13)2-3-11(10)17/h2-6,17H,7H2,1H3,(H,14,15). The summed E-state index contributed by atoms with van der Waals surface area (Å²) in [4.78, 5) is 13.6. The number of benzene rings is 1. The van der Waals surface area contributed by atoms with E-state index >= 15 is 0 Å². The van der Waals surface area contributed by atoms with Crippen molar-refractivity contribution in [3.05, 3.63) is 46.7 Å². The first-order valence-corrected chi connectivity index (χ1v) is 5.67. The van der Waals surface area contributed by atoms with Crippen molar-refractivity contribution < 1.29 is 9.90 Å². The maximum atomic E-state index is 12.1. The van der Waals surface area contributed by atoms with Crippen LogP contribution in [0.1, 0.15) is 15.9 Å². The Morgan fingerprint density at radius 2 is 2.33 bits per heavy atom. The number of hydrogen-bond donors (Lipinski definition) is 2. The highest BCUT2D eigenvalue weighted by atomic mass is 35.5. The fourth-order valence-corrected chi connectivity index (χ4v) is 1.77. The summed E-state index contributed by atoms with van der Waals surface area (Å²) in [6.07, 6.45) is 3.35. The second-order valence-corrected chi connectivity index (χ2v) is 4.37. The van der Waals surface area contributed by atoms with Crippen LogP contribution >= 0.6 is 11.6 Å². The molecule has 0 bridgehead atoms. The SMILES string of the molecule is CN(Cc1cn[nH]c1)C(=O)c1cc(Cl)ccc1O. The van der Waals surface area contributed by atoms with E-state index in [0.717, 1.165) is 5.56 Å². The summed E-state index contributed by atoms with van der Waals surface area (Å²) in [5.74, 6) is -0.375. The second-order valence-electron chi connectivity index (χ2n) is 3.93. The van der Waals surface area contributed by atoms with Gasteiger partial charge in [0.15, 0.2) is 0 Å². The summed E-state index contributed by atoms with van der Waals surface area (Å²) < 4.78 is 0. The van der Waals surface area contributed by atoms with Gasteiger partial charge in [0.25, 0.3) is 5.91 Å². The number of aromatic amines is 1. The lowest BCUT2D eigenvalue weighted by atomic mass is 10.1. The molecule has 1 amide bonds. The van der Waals surface area contributed by atoms with Gasteiger partial charge in [-0.2, -0.15) is 5.10 Å². The average Bonchev–Trinajstić information content (AvgIpc) is 2.84. The van der Waals surface area contributed by atoms with Gasteiger partial charge in [0.05, 0.1) is 11.8 Å². The van der Waals surface area contributed by atoms with Crippen LogP contribution in [0, 0.1) is 0 Å². The summed E-state index contributed by atoms with van der Waals surface area (Å²) >= 11 is 5.81. The van der Waals surface area contributed by atoms with Crippen molar-refractivity contribution in [1.29, 1.82) is 0 Å². The molecular formula is C12H12ClN3O2. The highest BCUT2D eigenvalue weighted by molar-refractivity contribution is 6.31. The Morgan fingerprint density at radius 1 is 1.56 bits per heavy atom. The molecule has 6 heteroatoms. The molecule has 2 rings (SSSR count). The molecule has 18 heavy (non-hydrogen) atoms. The Morgan fingerprint density at radius 3 is 3.00 bits per heavy atom. The van der Waals surface area contributed by atoms with E-state index in [1.54, 1.807) is 19.4 Å². The number of H-pyrrole nitrogens is 1. The predicted octanol–water partition coefficient (Wildman–Crippen LogP) is 2.04. The van der Waals surface area contributed by atoms with E-state index in [2.05, 4.69) is 10.2 Å². The monoisotopic (exact) mass is 265 g/mol. The van der Waals surface area contributed by atoms with Gasteiger partial charge in [0, 0.05) is 30.4 Å². The van der Waals surface area contributed by atoms with Crippen molar-refractivity contribution in [2.24, 2.45) is 0 Å². The van der Waals surface area contributed by atoms with Crippen LogP contribution < -0.4 is 0 Å². The summed E-state index contributed by atoms with van der Waals surface area (Å²) in [6.45, 7) is 0.404. The molecule has 0 saturated heterocycles. The first kappa shape index (κ1) is 12.4. The lowest BCUT2D eigenvalue weighted by molar-refractivity contribution is 0.0782. The fraction of sp³-hybridized carbons (Fsp3) is 0.167. The first-order valence-electron chi connectivity index (χ1n) is 5.29. The molecule has 2 aromatic rings. The molecule has 1 aromatic carbocycles. The van der Waals surface area contributed by atoms with Crippen molar-refractivity contribution >= 4 is 17.5 Å². The van der Waals surface area contributed by atoms with Crippen LogP contribution in [0.5, 0.6) is 5.75 Å². The maximum Gasteiger partial charge on any atom is 0.257 e. The predicted molar refractivity (Wildman–Crippen MR) is 67.5 cm³/mol. The van der Waals surface area contributed by atoms with Gasteiger partial charge in [-0.15, -0.1) is 0 Å². The molecule has 0 saturated carbocycles. The van der Waals surface area contributed by atoms with Crippen molar-refractivity contribution in [3.8, 4) is 5.75 Å². The van der Waals surface area contributed by atoms with Gasteiger partial charge in [-0.3, -0.25) is 9.89 Å². The van der Waals surface area contributed by atoms with Crippen LogP contribution in [0.2, 0.25) is 5.02 Å². The number of phenols is 1. The highest BCUT2D eigenvalue weighted by Crippen LogP contribution is 2.23. The molecule has 0 fully saturated rings. The molecule has 1 aromatic heterocycles. The molecule has 0 unspecified atom stereocenters. The zero-order valence-corrected chi connectivity index (χ0v) is 10.5. The number of rotatable bonds is 3. The van der Waals surface area contributed by atoms with Crippen LogP contribution in [0.3, 0.4) is 0 Å². The quantitative estimate of drug-likeness (QED) is 0.892. The third-order valence-electron chi connectivity index (χ3n) is 2.51. The summed E-state index contributed by atoms with van der Waals surface area (Å²) in [6, 6.07) is 4.39. The van der Waals surface area contributed by atoms with E-state index in [9.17, 15) is 9.90 Å². The Bertz CT molecular complexity index is 554. The molecule has 2 N–H and O–H groups in total. The van der Waals surface area contributed by atoms with E-state index in [-0.39, 0.29) is 17.2 Å². The molecule has 0 atom stereocenters. The van der Waals surface area contributed by atoms with E-state index in [1.165, 1.54) is 23.1 Å². The highest BCUT2D eigenvalue weighted by Gasteiger charge is 2.16. The third-order valence-corrected chi connectivity index (χ3v) is 2.75. The maximum absolute atomic E-state index is 12.1. The number of phenolic OH excluding ortho intramolecular Hbond substituents is 1. The Kier molecular flexibility index (Phi) is 3.53. The van der Waals surface area contributed by atoms with Gasteiger partial charge in [0.2, 0.25) is 0 Å². The zero-order chi connectivity index (χ0) is 13.1. The number of hydrogen-bond acceptors (Lipinski definition) is 3. The van der Waals surface area contributed by atoms with Gasteiger partial charge < -0.3 is 10.0 Å². The second kappa shape index (κ2) is 5.10. The van der Waals surface area contributed by atoms with Gasteiger partial charge in [-0.1, -0.05) is 11.6 Å². The first-order chi connectivity index (χ1) is 8.58. The Balaban J connectivity index is 2.17. The van der Waals surface area contributed by atoms with E-state index in [0.29, 0.717) is 11.6 Å². The Hall–Kier alpha value is -2.01. The molecule has 0 radical (unpaired) electrons. The number of aromatic hydroxyl groups is 1. The van der Waals surface area contributed by atoms with Crippen LogP contribution in [-0.2, 0) is 6.54 Å². The minimum Gasteiger partial charge on any atom is -0.507 e. The van der Waals surface area contributed by atoms with Crippen LogP contribution in [0.4, 0.5) is 0 Å². The summed E-state index contributed by atoms with van der Waals surface area (Å²) in [5.41, 5.74) is 1.07. The molecule has 1 heterocycles. The number of nitrogens with one attached hydrogen (secondary N) is 1. The normalized spacial score (nSPS) is 10.3. The lowest BCUT2D eigenvalue weighted by Crippen LogP contribution is -2.26. The van der Waals surface area contributed by atoms with Gasteiger partial charge in [-0.05, 0) is 18.2 Å². The zero-order valence-electron chi connectivity index (χ0n) is 9.72. The molecule has 0 aliphatic heterocycles. The molecule has 94 valence electrons. The smallest absolute Gasteiger partial charge is 0.257 e. The fourth-order valence-electron chi connectivity index (χ4n) is 1.59. The number of aromatic nitrogens is 2. The van der Waals surface area contributed by atoms with Gasteiger partial charge >= 0.3 is 0 Å². The molecule has 0 aliphatic carbocycles. The minimum absolute atomic E-state index is 0.0801. The summed E-state index contributed by atoms with van der Waals surface area (Å²) in [7, 11) is 1.65. The van der Waals surface area contributed by atoms with Crippen molar-refractivity contribution in [1.82, 2.24) is 15.1 Å². The van der Waals surface area contributed by atoms with E-state index < -0.39 is 0 Å². The van der Waals surface area contributed by atoms with E-state index in [1.807, 2.05) is 0 Å². The number of carbonyl (C=O) groups is 1. The Labute approximate surface area is 109 Å². The summed E-state index contributed by atoms with van der Waals surface area (Å²) in [5, 5.41) is 16.5. The average molecular weight is 266 g/mol. The molecule has 0 spiro atoms. The number of amides is 1. The van der Waals surface area contributed by atoms with Crippen LogP contribution in [0.15, 0.2) is 30.6 Å². The number of carbonyl (C=O) groups excluding carboxylic acids is 1. The molecule has 0 aliphatic rings. The topological polar surface area (TPSA) is 69.2 Å². The minimum atomic E-state index is -0.295. The van der Waals surface area contributed by atoms with Gasteiger partial charge in [-0.25, -0.2) is 0 Å². The van der Waals surface area contributed by atoms with Crippen molar-refractivity contribution in [3.63, 3.8) is 0 Å². The van der Waals surface area contributed by atoms with Crippen LogP contribution in [0.25, 0.3) is 0 Å². The van der Waals surface area contributed by atoms with E-state index in [4.69, 9.17) is 11.6 Å². The lowest BCUT2D eigenvalue weighted by Gasteiger charge is -2.17. The third kappa shape index (κ3) is 2.62. The van der Waals surface area contributed by atoms with Gasteiger partial charge in [0.1, 0.15) is 5.75 Å². The van der Waals surface area contributed by atoms with Crippen LogP contribution in [-0.4, -0.2) is 33.2 Å². The largest absolute Gasteiger partial charge is 0.507 e. The number of halogens is 1. The van der Waals surface area contributed by atoms with Crippen molar-refractivity contribution in [2.75, 3.05) is 7.05 Å². The van der Waals surface area contributed by atoms with Crippen molar-refractivity contribution in [2.45, 2.75) is 6.54 Å². The molecular weight excluding hydrogens is 254 g/mol. The molecule has 5 nitrogen and oxygen atoms in total. The number of nitrogens with zero attached hydrogens (tertiary/aromatic N) is 2.